The topological polar surface area (TPSA) is 122 Å². The van der Waals surface area contributed by atoms with Gasteiger partial charge in [0.25, 0.3) is 0 Å². The van der Waals surface area contributed by atoms with Gasteiger partial charge in [-0.15, -0.1) is 11.3 Å². The Balaban J connectivity index is 1.66. The highest BCUT2D eigenvalue weighted by Gasteiger charge is 2.28. The van der Waals surface area contributed by atoms with Gasteiger partial charge in [-0.05, 0) is 29.5 Å². The number of anilines is 1. The summed E-state index contributed by atoms with van der Waals surface area (Å²) in [7, 11) is 1.21. The van der Waals surface area contributed by atoms with Gasteiger partial charge < -0.3 is 19.7 Å². The fourth-order valence-corrected chi connectivity index (χ4v) is 4.51. The predicted molar refractivity (Wildman–Crippen MR) is 112 cm³/mol. The Morgan fingerprint density at radius 1 is 1.42 bits per heavy atom. The second-order valence-electron chi connectivity index (χ2n) is 7.06. The molecule has 1 atom stereocenters. The number of nitrogens with one attached hydrogen (secondary N) is 1. The molecule has 0 unspecified atom stereocenters. The summed E-state index contributed by atoms with van der Waals surface area (Å²) in [5.41, 5.74) is 2.23. The lowest BCUT2D eigenvalue weighted by Crippen LogP contribution is -2.36. The number of methoxy groups -OCH3 is 1. The molecule has 1 aliphatic rings. The highest BCUT2D eigenvalue weighted by Crippen LogP contribution is 2.37. The standard InChI is InChI=1S/C21H22N4O5S/c1-13(14-4-3-6-23-10-14)8-18(26)24-20-16(9-22)15-5-7-25(11-17(15)31-20)21(28)30-12-19(27)29-2/h3-4,6,10,13H,5,7-8,11-12H2,1-2H3,(H,24,26)/t13-/m0/s1. The molecule has 2 amide bonds. The van der Waals surface area contributed by atoms with E-state index in [1.165, 1.54) is 23.3 Å². The molecule has 0 aromatic carbocycles. The minimum Gasteiger partial charge on any atom is -0.466 e. The normalized spacial score (nSPS) is 13.5. The molecule has 0 fully saturated rings. The van der Waals surface area contributed by atoms with Crippen LogP contribution in [0.1, 0.15) is 40.8 Å². The number of fused-ring (bicyclic) bond motifs is 1. The van der Waals surface area contributed by atoms with Crippen LogP contribution in [0.15, 0.2) is 24.5 Å². The average Bonchev–Trinajstić information content (AvgIpc) is 3.13. The summed E-state index contributed by atoms with van der Waals surface area (Å²) in [6.45, 7) is 2.09. The first-order valence-corrected chi connectivity index (χ1v) is 10.5. The molecule has 0 saturated heterocycles. The molecule has 3 heterocycles. The number of thiophene rings is 1. The van der Waals surface area contributed by atoms with Gasteiger partial charge in [0.05, 0.1) is 19.2 Å². The molecule has 3 rings (SSSR count). The van der Waals surface area contributed by atoms with Crippen molar-refractivity contribution in [3.8, 4) is 6.07 Å². The maximum atomic E-state index is 12.6. The second-order valence-corrected chi connectivity index (χ2v) is 8.17. The van der Waals surface area contributed by atoms with Crippen molar-refractivity contribution in [2.24, 2.45) is 0 Å². The summed E-state index contributed by atoms with van der Waals surface area (Å²) < 4.78 is 9.40. The summed E-state index contributed by atoms with van der Waals surface area (Å²) in [6, 6.07) is 5.92. The molecule has 1 N–H and O–H groups in total. The molecule has 0 bridgehead atoms. The fourth-order valence-electron chi connectivity index (χ4n) is 3.28. The number of carbonyl (C=O) groups is 3. The van der Waals surface area contributed by atoms with Gasteiger partial charge in [0, 0.05) is 30.2 Å². The third kappa shape index (κ3) is 5.38. The van der Waals surface area contributed by atoms with E-state index >= 15 is 0 Å². The van der Waals surface area contributed by atoms with Crippen molar-refractivity contribution in [3.05, 3.63) is 46.1 Å². The maximum absolute atomic E-state index is 12.6. The van der Waals surface area contributed by atoms with Gasteiger partial charge in [0.15, 0.2) is 6.61 Å². The zero-order valence-corrected chi connectivity index (χ0v) is 18.0. The second kappa shape index (κ2) is 10.0. The van der Waals surface area contributed by atoms with Crippen LogP contribution in [0.2, 0.25) is 0 Å². The summed E-state index contributed by atoms with van der Waals surface area (Å²) in [5, 5.41) is 13.0. The highest BCUT2D eigenvalue weighted by atomic mass is 32.1. The van der Waals surface area contributed by atoms with Crippen molar-refractivity contribution in [1.82, 2.24) is 9.88 Å². The van der Waals surface area contributed by atoms with Crippen LogP contribution in [-0.2, 0) is 32.0 Å². The number of pyridine rings is 1. The van der Waals surface area contributed by atoms with Crippen LogP contribution in [0.5, 0.6) is 0 Å². The Kier molecular flexibility index (Phi) is 7.20. The van der Waals surface area contributed by atoms with Gasteiger partial charge in [-0.2, -0.15) is 5.26 Å². The van der Waals surface area contributed by atoms with Crippen LogP contribution in [-0.4, -0.2) is 48.1 Å². The van der Waals surface area contributed by atoms with Crippen LogP contribution in [0.4, 0.5) is 9.80 Å². The largest absolute Gasteiger partial charge is 0.466 e. The number of nitrogens with zero attached hydrogens (tertiary/aromatic N) is 3. The minimum atomic E-state index is -0.639. The van der Waals surface area contributed by atoms with Gasteiger partial charge in [-0.3, -0.25) is 9.78 Å². The first-order valence-electron chi connectivity index (χ1n) is 9.65. The summed E-state index contributed by atoms with van der Waals surface area (Å²) in [6.07, 6.45) is 3.50. The van der Waals surface area contributed by atoms with Crippen LogP contribution < -0.4 is 5.32 Å². The van der Waals surface area contributed by atoms with Crippen LogP contribution in [0.25, 0.3) is 0 Å². The van der Waals surface area contributed by atoms with E-state index in [-0.39, 0.29) is 24.8 Å². The van der Waals surface area contributed by atoms with Gasteiger partial charge in [-0.25, -0.2) is 9.59 Å². The third-order valence-electron chi connectivity index (χ3n) is 4.97. The molecule has 162 valence electrons. The molecule has 2 aromatic rings. The minimum absolute atomic E-state index is 0.0195. The lowest BCUT2D eigenvalue weighted by molar-refractivity contribution is -0.144. The fraction of sp³-hybridized carbons (Fsp3) is 0.381. The van der Waals surface area contributed by atoms with E-state index in [2.05, 4.69) is 21.1 Å². The smallest absolute Gasteiger partial charge is 0.410 e. The summed E-state index contributed by atoms with van der Waals surface area (Å²) in [4.78, 5) is 42.3. The average molecular weight is 442 g/mol. The van der Waals surface area contributed by atoms with Gasteiger partial charge in [-0.1, -0.05) is 13.0 Å². The molecule has 0 aliphatic carbocycles. The Labute approximate surface area is 183 Å². The number of hydrogen-bond acceptors (Lipinski definition) is 8. The van der Waals surface area contributed by atoms with Crippen molar-refractivity contribution < 1.29 is 23.9 Å². The van der Waals surface area contributed by atoms with Gasteiger partial charge in [0.1, 0.15) is 11.1 Å². The maximum Gasteiger partial charge on any atom is 0.410 e. The lowest BCUT2D eigenvalue weighted by atomic mass is 9.99. The molecular formula is C21H22N4O5S. The van der Waals surface area contributed by atoms with E-state index in [1.54, 1.807) is 12.4 Å². The van der Waals surface area contributed by atoms with Crippen LogP contribution in [0, 0.1) is 11.3 Å². The van der Waals surface area contributed by atoms with Crippen molar-refractivity contribution >= 4 is 34.3 Å². The molecule has 10 heteroatoms. The molecule has 9 nitrogen and oxygen atoms in total. The molecule has 1 aliphatic heterocycles. The number of nitriles is 1. The summed E-state index contributed by atoms with van der Waals surface area (Å²) in [5.74, 6) is -0.853. The number of amides is 2. The van der Waals surface area contributed by atoms with E-state index in [0.717, 1.165) is 16.0 Å². The Morgan fingerprint density at radius 3 is 2.90 bits per heavy atom. The first kappa shape index (κ1) is 22.2. The van der Waals surface area contributed by atoms with Crippen molar-refractivity contribution in [2.75, 3.05) is 25.6 Å². The Morgan fingerprint density at radius 2 is 2.23 bits per heavy atom. The van der Waals surface area contributed by atoms with E-state index < -0.39 is 18.7 Å². The van der Waals surface area contributed by atoms with E-state index in [1.807, 2.05) is 19.1 Å². The molecule has 0 saturated carbocycles. The Bertz CT molecular complexity index is 1010. The quantitative estimate of drug-likeness (QED) is 0.683. The number of ether oxygens (including phenoxy) is 2. The number of rotatable bonds is 6. The Hall–Kier alpha value is -3.45. The number of aromatic nitrogens is 1. The van der Waals surface area contributed by atoms with Crippen molar-refractivity contribution in [1.29, 1.82) is 5.26 Å². The molecular weight excluding hydrogens is 420 g/mol. The zero-order valence-electron chi connectivity index (χ0n) is 17.2. The van der Waals surface area contributed by atoms with E-state index in [0.29, 0.717) is 23.5 Å². The highest BCUT2D eigenvalue weighted by molar-refractivity contribution is 7.16. The first-order chi connectivity index (χ1) is 14.9. The zero-order chi connectivity index (χ0) is 22.4. The molecule has 2 aromatic heterocycles. The van der Waals surface area contributed by atoms with Gasteiger partial charge in [0.2, 0.25) is 5.91 Å². The number of hydrogen-bond donors (Lipinski definition) is 1. The molecule has 0 radical (unpaired) electrons. The monoisotopic (exact) mass is 442 g/mol. The summed E-state index contributed by atoms with van der Waals surface area (Å²) >= 11 is 1.28. The SMILES string of the molecule is COC(=O)COC(=O)N1CCc2c(sc(NC(=O)C[C@H](C)c3cccnc3)c2C#N)C1. The lowest BCUT2D eigenvalue weighted by Gasteiger charge is -2.25. The van der Waals surface area contributed by atoms with E-state index in [4.69, 9.17) is 4.74 Å². The van der Waals surface area contributed by atoms with E-state index in [9.17, 15) is 19.6 Å². The van der Waals surface area contributed by atoms with Crippen molar-refractivity contribution in [3.63, 3.8) is 0 Å². The van der Waals surface area contributed by atoms with Crippen molar-refractivity contribution in [2.45, 2.75) is 32.2 Å². The molecule has 31 heavy (non-hydrogen) atoms. The predicted octanol–water partition coefficient (Wildman–Crippen LogP) is 2.81. The van der Waals surface area contributed by atoms with Crippen LogP contribution in [0.3, 0.4) is 0 Å². The van der Waals surface area contributed by atoms with Gasteiger partial charge >= 0.3 is 12.1 Å². The molecule has 0 spiro atoms. The van der Waals surface area contributed by atoms with Crippen LogP contribution >= 0.6 is 11.3 Å². The number of esters is 1. The third-order valence-corrected chi connectivity index (χ3v) is 6.10. The number of carbonyl (C=O) groups excluding carboxylic acids is 3.